The van der Waals surface area contributed by atoms with Crippen LogP contribution in [0.15, 0.2) is 0 Å². The molecule has 1 aliphatic heterocycles. The zero-order valence-electron chi connectivity index (χ0n) is 14.6. The van der Waals surface area contributed by atoms with Crippen LogP contribution in [0.2, 0.25) is 0 Å². The van der Waals surface area contributed by atoms with E-state index in [9.17, 15) is 9.59 Å². The third-order valence-corrected chi connectivity index (χ3v) is 3.52. The number of quaternary nitrogens is 1. The fraction of sp³-hybridized carbons (Fsp3) is 0.750. The number of nitrogens with one attached hydrogen (secondary N) is 1. The number of carbonyl (C=O) groups excluding carboxylic acids is 2. The van der Waals surface area contributed by atoms with Gasteiger partial charge in [-0.1, -0.05) is 5.92 Å². The average molecular weight is 327 g/mol. The van der Waals surface area contributed by atoms with Gasteiger partial charge in [-0.2, -0.15) is 5.43 Å². The summed E-state index contributed by atoms with van der Waals surface area (Å²) in [5.74, 6) is 5.28. The smallest absolute Gasteiger partial charge is 0.452 e. The molecule has 0 spiro atoms. The molecular formula is C16H27N2O5+. The van der Waals surface area contributed by atoms with E-state index in [4.69, 9.17) is 14.2 Å². The lowest BCUT2D eigenvalue weighted by atomic mass is 10.1. The summed E-state index contributed by atoms with van der Waals surface area (Å²) < 4.78 is 15.7. The van der Waals surface area contributed by atoms with Gasteiger partial charge in [-0.25, -0.2) is 14.2 Å². The van der Waals surface area contributed by atoms with Crippen LogP contribution >= 0.6 is 0 Å². The number of esters is 1. The quantitative estimate of drug-likeness (QED) is 0.477. The van der Waals surface area contributed by atoms with Gasteiger partial charge in [-0.3, -0.25) is 0 Å². The minimum absolute atomic E-state index is 0.0241. The Labute approximate surface area is 137 Å². The van der Waals surface area contributed by atoms with Gasteiger partial charge in [0, 0.05) is 0 Å². The number of rotatable bonds is 4. The zero-order valence-corrected chi connectivity index (χ0v) is 14.6. The topological polar surface area (TPSA) is 73.9 Å². The van der Waals surface area contributed by atoms with E-state index in [2.05, 4.69) is 17.3 Å². The fourth-order valence-corrected chi connectivity index (χ4v) is 2.45. The van der Waals surface area contributed by atoms with Crippen LogP contribution in [0.3, 0.4) is 0 Å². The molecule has 0 aliphatic carbocycles. The van der Waals surface area contributed by atoms with Crippen molar-refractivity contribution in [2.45, 2.75) is 45.8 Å². The van der Waals surface area contributed by atoms with Crippen molar-refractivity contribution in [1.29, 1.82) is 0 Å². The monoisotopic (exact) mass is 327 g/mol. The lowest BCUT2D eigenvalue weighted by molar-refractivity contribution is -0.982. The number of nitrogens with zero attached hydrogens (tertiary/aromatic N) is 1. The van der Waals surface area contributed by atoms with Crippen molar-refractivity contribution in [2.75, 3.05) is 33.4 Å². The SMILES string of the molecule is CC#CCC(C(=O)OC)[N+]1(NC(=O)OC(C)(C)C)CCOCC1. The Balaban J connectivity index is 3.04. The maximum Gasteiger partial charge on any atom is 0.452 e. The molecule has 0 saturated carbocycles. The van der Waals surface area contributed by atoms with Gasteiger partial charge in [0.1, 0.15) is 18.7 Å². The van der Waals surface area contributed by atoms with E-state index < -0.39 is 23.7 Å². The summed E-state index contributed by atoms with van der Waals surface area (Å²) in [7, 11) is 1.33. The van der Waals surface area contributed by atoms with Gasteiger partial charge in [-0.15, -0.1) is 5.92 Å². The van der Waals surface area contributed by atoms with Crippen molar-refractivity contribution in [2.24, 2.45) is 0 Å². The van der Waals surface area contributed by atoms with Crippen LogP contribution < -0.4 is 5.43 Å². The van der Waals surface area contributed by atoms with E-state index in [0.717, 1.165) is 0 Å². The molecule has 0 aromatic carbocycles. The van der Waals surface area contributed by atoms with Crippen molar-refractivity contribution >= 4 is 12.1 Å². The number of hydrogen-bond donors (Lipinski definition) is 1. The van der Waals surface area contributed by atoms with Gasteiger partial charge in [0.05, 0.1) is 26.7 Å². The summed E-state index contributed by atoms with van der Waals surface area (Å²) in [6.45, 7) is 8.84. The first-order valence-electron chi connectivity index (χ1n) is 7.67. The van der Waals surface area contributed by atoms with E-state index in [-0.39, 0.29) is 4.59 Å². The number of morpholine rings is 1. The molecule has 0 aromatic rings. The summed E-state index contributed by atoms with van der Waals surface area (Å²) in [6.07, 6.45) is -0.281. The largest absolute Gasteiger partial charge is 0.465 e. The molecule has 1 fully saturated rings. The maximum atomic E-state index is 12.3. The van der Waals surface area contributed by atoms with E-state index in [1.54, 1.807) is 27.7 Å². The molecule has 7 heteroatoms. The molecule has 1 saturated heterocycles. The standard InChI is InChI=1S/C16H26N2O5/c1-6-7-8-13(14(19)21-5)18(9-11-22-12-10-18)17-15(20)23-16(2,3)4/h13H,8-12H2,1-5H3/p+1. The van der Waals surface area contributed by atoms with E-state index in [1.807, 2.05) is 0 Å². The molecule has 23 heavy (non-hydrogen) atoms. The zero-order chi connectivity index (χ0) is 17.5. The Hall–Kier alpha value is -1.78. The summed E-state index contributed by atoms with van der Waals surface area (Å²) in [5.41, 5.74) is 2.22. The third kappa shape index (κ3) is 5.73. The molecule has 1 unspecified atom stereocenters. The lowest BCUT2D eigenvalue weighted by Crippen LogP contribution is -2.71. The second-order valence-corrected chi connectivity index (χ2v) is 6.38. The molecule has 1 rings (SSSR count). The summed E-state index contributed by atoms with van der Waals surface area (Å²) in [6, 6.07) is -0.621. The van der Waals surface area contributed by atoms with Crippen LogP contribution in [0.5, 0.6) is 0 Å². The normalized spacial score (nSPS) is 18.1. The second-order valence-electron chi connectivity index (χ2n) is 6.38. The van der Waals surface area contributed by atoms with Gasteiger partial charge in [0.2, 0.25) is 6.04 Å². The maximum absolute atomic E-state index is 12.3. The molecule has 130 valence electrons. The van der Waals surface area contributed by atoms with E-state index in [0.29, 0.717) is 32.7 Å². The van der Waals surface area contributed by atoms with Crippen LogP contribution in [-0.2, 0) is 19.0 Å². The number of carbonyl (C=O) groups is 2. The van der Waals surface area contributed by atoms with Crippen molar-refractivity contribution in [3.63, 3.8) is 0 Å². The Bertz CT molecular complexity index is 481. The van der Waals surface area contributed by atoms with E-state index >= 15 is 0 Å². The van der Waals surface area contributed by atoms with Crippen LogP contribution in [0.4, 0.5) is 4.79 Å². The molecule has 0 bridgehead atoms. The number of methoxy groups -OCH3 is 1. The highest BCUT2D eigenvalue weighted by Crippen LogP contribution is 2.19. The Kier molecular flexibility index (Phi) is 6.85. The molecular weight excluding hydrogens is 300 g/mol. The number of amides is 1. The first-order chi connectivity index (χ1) is 10.7. The highest BCUT2D eigenvalue weighted by atomic mass is 16.6. The van der Waals surface area contributed by atoms with Crippen LogP contribution in [-0.4, -0.2) is 61.7 Å². The summed E-state index contributed by atoms with van der Waals surface area (Å²) in [5, 5.41) is 0. The third-order valence-electron chi connectivity index (χ3n) is 3.52. The lowest BCUT2D eigenvalue weighted by Gasteiger charge is -2.43. The molecule has 1 amide bonds. The minimum Gasteiger partial charge on any atom is -0.465 e. The van der Waals surface area contributed by atoms with Gasteiger partial charge < -0.3 is 14.2 Å². The Morgan fingerprint density at radius 3 is 2.39 bits per heavy atom. The molecule has 1 aliphatic rings. The predicted octanol–water partition coefficient (Wildman–Crippen LogP) is 1.23. The van der Waals surface area contributed by atoms with Gasteiger partial charge >= 0.3 is 12.1 Å². The first kappa shape index (κ1) is 19.3. The van der Waals surface area contributed by atoms with Crippen molar-refractivity contribution < 1.29 is 28.4 Å². The molecule has 0 radical (unpaired) electrons. The highest BCUT2D eigenvalue weighted by molar-refractivity contribution is 5.75. The molecule has 7 nitrogen and oxygen atoms in total. The fourth-order valence-electron chi connectivity index (χ4n) is 2.45. The first-order valence-corrected chi connectivity index (χ1v) is 7.67. The van der Waals surface area contributed by atoms with Crippen LogP contribution in [0.25, 0.3) is 0 Å². The average Bonchev–Trinajstić information content (AvgIpc) is 2.46. The highest BCUT2D eigenvalue weighted by Gasteiger charge is 2.46. The molecule has 1 N–H and O–H groups in total. The predicted molar refractivity (Wildman–Crippen MR) is 84.1 cm³/mol. The minimum atomic E-state index is -0.621. The second kappa shape index (κ2) is 8.18. The Morgan fingerprint density at radius 1 is 1.30 bits per heavy atom. The molecule has 0 aromatic heterocycles. The molecule has 1 heterocycles. The van der Waals surface area contributed by atoms with Gasteiger partial charge in [0.25, 0.3) is 0 Å². The van der Waals surface area contributed by atoms with Crippen LogP contribution in [0, 0.1) is 11.8 Å². The Morgan fingerprint density at radius 2 is 1.91 bits per heavy atom. The summed E-state index contributed by atoms with van der Waals surface area (Å²) >= 11 is 0. The van der Waals surface area contributed by atoms with E-state index in [1.165, 1.54) is 7.11 Å². The van der Waals surface area contributed by atoms with Gasteiger partial charge in [-0.05, 0) is 27.7 Å². The van der Waals surface area contributed by atoms with Crippen molar-refractivity contribution in [3.8, 4) is 11.8 Å². The van der Waals surface area contributed by atoms with Crippen molar-refractivity contribution in [1.82, 2.24) is 5.43 Å². The number of ether oxygens (including phenoxy) is 3. The number of hydrogen-bond acceptors (Lipinski definition) is 5. The summed E-state index contributed by atoms with van der Waals surface area (Å²) in [4.78, 5) is 24.5. The van der Waals surface area contributed by atoms with Crippen LogP contribution in [0.1, 0.15) is 34.1 Å². The molecule has 1 atom stereocenters. The van der Waals surface area contributed by atoms with Gasteiger partial charge in [0.15, 0.2) is 0 Å². The van der Waals surface area contributed by atoms with Crippen molar-refractivity contribution in [3.05, 3.63) is 0 Å².